The minimum absolute atomic E-state index is 0.0103. The number of hydrogen-bond donors (Lipinski definition) is 1. The van der Waals surface area contributed by atoms with Crippen molar-refractivity contribution in [3.05, 3.63) is 105 Å². The highest BCUT2D eigenvalue weighted by Gasteiger charge is 2.46. The SMILES string of the molecule is COc1cccc(-c2c(C)c(CC3C(F)=CC=CC3C(F)(F)F)c3n(c2=O)C(CNCc2ccccc2C)CS3)c1F. The van der Waals surface area contributed by atoms with Crippen LogP contribution in [0.1, 0.15) is 28.3 Å². The second kappa shape index (κ2) is 12.1. The Balaban J connectivity index is 1.61. The summed E-state index contributed by atoms with van der Waals surface area (Å²) in [6.07, 6.45) is -1.86. The van der Waals surface area contributed by atoms with Gasteiger partial charge < -0.3 is 10.1 Å². The third-order valence-electron chi connectivity index (χ3n) is 8.09. The molecule has 0 saturated heterocycles. The number of aryl methyl sites for hydroxylation is 1. The molecule has 2 aromatic carbocycles. The zero-order chi connectivity index (χ0) is 30.2. The molecule has 0 radical (unpaired) electrons. The number of nitrogens with zero attached hydrogens (tertiary/aromatic N) is 1. The molecule has 2 heterocycles. The van der Waals surface area contributed by atoms with E-state index in [1.165, 1.54) is 31.0 Å². The molecule has 0 amide bonds. The number of allylic oxidation sites excluding steroid dienone is 4. The van der Waals surface area contributed by atoms with Gasteiger partial charge in [0.25, 0.3) is 5.56 Å². The highest BCUT2D eigenvalue weighted by molar-refractivity contribution is 7.99. The maximum Gasteiger partial charge on any atom is 0.395 e. The summed E-state index contributed by atoms with van der Waals surface area (Å²) in [5.74, 6) is -4.72. The van der Waals surface area contributed by atoms with Crippen molar-refractivity contribution in [2.24, 2.45) is 11.8 Å². The number of aromatic nitrogens is 1. The Morgan fingerprint density at radius 3 is 2.57 bits per heavy atom. The van der Waals surface area contributed by atoms with Crippen LogP contribution in [0.4, 0.5) is 22.0 Å². The van der Waals surface area contributed by atoms with Crippen LogP contribution in [0, 0.1) is 31.5 Å². The van der Waals surface area contributed by atoms with E-state index in [2.05, 4.69) is 5.32 Å². The first kappa shape index (κ1) is 30.1. The minimum Gasteiger partial charge on any atom is -0.494 e. The summed E-state index contributed by atoms with van der Waals surface area (Å²) >= 11 is 1.36. The summed E-state index contributed by atoms with van der Waals surface area (Å²) < 4.78 is 79.2. The zero-order valence-corrected chi connectivity index (χ0v) is 24.2. The minimum atomic E-state index is -4.66. The van der Waals surface area contributed by atoms with Crippen LogP contribution in [-0.4, -0.2) is 30.2 Å². The molecular weight excluding hydrogens is 571 g/mol. The van der Waals surface area contributed by atoms with Crippen molar-refractivity contribution in [2.45, 2.75) is 44.1 Å². The predicted molar refractivity (Wildman–Crippen MR) is 155 cm³/mol. The number of alkyl halides is 3. The Hall–Kier alpha value is -3.37. The van der Waals surface area contributed by atoms with Gasteiger partial charge in [-0.05, 0) is 54.7 Å². The summed E-state index contributed by atoms with van der Waals surface area (Å²) in [7, 11) is 1.31. The number of fused-ring (bicyclic) bond motifs is 1. The molecule has 1 aromatic heterocycles. The molecule has 10 heteroatoms. The molecule has 0 spiro atoms. The number of pyridine rings is 1. The van der Waals surface area contributed by atoms with Gasteiger partial charge in [0.2, 0.25) is 0 Å². The number of thioether (sulfide) groups is 1. The average Bonchev–Trinajstić information content (AvgIpc) is 3.37. The molecule has 4 nitrogen and oxygen atoms in total. The van der Waals surface area contributed by atoms with Crippen molar-refractivity contribution >= 4 is 11.8 Å². The first-order chi connectivity index (χ1) is 20.0. The van der Waals surface area contributed by atoms with Gasteiger partial charge in [-0.2, -0.15) is 13.2 Å². The molecule has 3 unspecified atom stereocenters. The van der Waals surface area contributed by atoms with E-state index in [4.69, 9.17) is 4.74 Å². The highest BCUT2D eigenvalue weighted by atomic mass is 32.2. The van der Waals surface area contributed by atoms with E-state index >= 15 is 8.78 Å². The van der Waals surface area contributed by atoms with E-state index in [0.29, 0.717) is 35.0 Å². The maximum atomic E-state index is 15.5. The fourth-order valence-electron chi connectivity index (χ4n) is 5.80. The molecule has 1 N–H and O–H groups in total. The lowest BCUT2D eigenvalue weighted by molar-refractivity contribution is -0.172. The van der Waals surface area contributed by atoms with E-state index < -0.39 is 35.2 Å². The number of methoxy groups -OCH3 is 1. The molecule has 0 bridgehead atoms. The number of ether oxygens (including phenoxy) is 1. The molecule has 5 rings (SSSR count). The Bertz CT molecular complexity index is 1610. The Kier molecular flexibility index (Phi) is 8.66. The van der Waals surface area contributed by atoms with Gasteiger partial charge in [0.05, 0.1) is 29.7 Å². The zero-order valence-electron chi connectivity index (χ0n) is 23.4. The normalized spacial score (nSPS) is 20.0. The number of benzene rings is 2. The van der Waals surface area contributed by atoms with Crippen LogP contribution < -0.4 is 15.6 Å². The summed E-state index contributed by atoms with van der Waals surface area (Å²) in [6.45, 7) is 4.57. The van der Waals surface area contributed by atoms with Gasteiger partial charge in [0, 0.05) is 30.3 Å². The van der Waals surface area contributed by atoms with Crippen molar-refractivity contribution in [1.82, 2.24) is 9.88 Å². The van der Waals surface area contributed by atoms with Crippen LogP contribution >= 0.6 is 11.8 Å². The molecule has 3 atom stereocenters. The van der Waals surface area contributed by atoms with Gasteiger partial charge in [-0.3, -0.25) is 9.36 Å². The van der Waals surface area contributed by atoms with Crippen LogP contribution in [0.15, 0.2) is 76.3 Å². The summed E-state index contributed by atoms with van der Waals surface area (Å²) in [4.78, 5) is 14.1. The van der Waals surface area contributed by atoms with Gasteiger partial charge in [0.15, 0.2) is 11.6 Å². The van der Waals surface area contributed by atoms with Crippen LogP contribution in [0.25, 0.3) is 11.1 Å². The molecule has 1 aliphatic carbocycles. The van der Waals surface area contributed by atoms with Crippen LogP contribution in [0.5, 0.6) is 5.75 Å². The van der Waals surface area contributed by atoms with Crippen molar-refractivity contribution < 1.29 is 26.7 Å². The molecule has 0 saturated carbocycles. The smallest absolute Gasteiger partial charge is 0.395 e. The van der Waals surface area contributed by atoms with Crippen LogP contribution in [-0.2, 0) is 13.0 Å². The average molecular weight is 603 g/mol. The van der Waals surface area contributed by atoms with Crippen LogP contribution in [0.3, 0.4) is 0 Å². The van der Waals surface area contributed by atoms with Crippen molar-refractivity contribution in [3.63, 3.8) is 0 Å². The first-order valence-corrected chi connectivity index (χ1v) is 14.6. The number of nitrogens with one attached hydrogen (secondary N) is 1. The number of halogens is 5. The molecular formula is C32H31F5N2O2S. The Labute approximate surface area is 245 Å². The monoisotopic (exact) mass is 602 g/mol. The Morgan fingerprint density at radius 1 is 1.10 bits per heavy atom. The quantitative estimate of drug-likeness (QED) is 0.272. The van der Waals surface area contributed by atoms with E-state index in [9.17, 15) is 18.0 Å². The second-order valence-corrected chi connectivity index (χ2v) is 11.6. The first-order valence-electron chi connectivity index (χ1n) is 13.6. The molecule has 222 valence electrons. The van der Waals surface area contributed by atoms with E-state index in [1.54, 1.807) is 17.6 Å². The molecule has 3 aromatic rings. The molecule has 1 aliphatic heterocycles. The molecule has 42 heavy (non-hydrogen) atoms. The standard InChI is InChI=1S/C32H31F5N2O2S/c1-18-8-4-5-9-20(18)15-38-16-21-17-42-31-23(14-24-25(32(35,36)37)11-7-12-26(24)33)19(2)28(30(40)39(21)31)22-10-6-13-27(41-3)29(22)34/h4-13,21,24-25,38H,14-17H2,1-3H3. The third kappa shape index (κ3) is 5.66. The largest absolute Gasteiger partial charge is 0.494 e. The molecule has 0 fully saturated rings. The van der Waals surface area contributed by atoms with E-state index in [1.807, 2.05) is 31.2 Å². The second-order valence-electron chi connectivity index (χ2n) is 10.6. The fraction of sp³-hybridized carbons (Fsp3) is 0.344. The van der Waals surface area contributed by atoms with Crippen LogP contribution in [0.2, 0.25) is 0 Å². The Morgan fingerprint density at radius 2 is 1.86 bits per heavy atom. The number of rotatable bonds is 8. The van der Waals surface area contributed by atoms with Crippen molar-refractivity contribution in [2.75, 3.05) is 19.4 Å². The summed E-state index contributed by atoms with van der Waals surface area (Å²) in [5, 5.41) is 3.89. The van der Waals surface area contributed by atoms with E-state index in [0.717, 1.165) is 29.4 Å². The number of hydrogen-bond acceptors (Lipinski definition) is 4. The topological polar surface area (TPSA) is 43.3 Å². The predicted octanol–water partition coefficient (Wildman–Crippen LogP) is 7.48. The highest BCUT2D eigenvalue weighted by Crippen LogP contribution is 2.45. The van der Waals surface area contributed by atoms with Gasteiger partial charge in [-0.15, -0.1) is 11.8 Å². The van der Waals surface area contributed by atoms with Gasteiger partial charge in [-0.25, -0.2) is 8.78 Å². The van der Waals surface area contributed by atoms with Gasteiger partial charge >= 0.3 is 6.18 Å². The van der Waals surface area contributed by atoms with E-state index in [-0.39, 0.29) is 29.3 Å². The maximum absolute atomic E-state index is 15.5. The lowest BCUT2D eigenvalue weighted by Gasteiger charge is -2.29. The summed E-state index contributed by atoms with van der Waals surface area (Å²) in [6, 6.07) is 12.0. The van der Waals surface area contributed by atoms with Crippen molar-refractivity contribution in [1.29, 1.82) is 0 Å². The summed E-state index contributed by atoms with van der Waals surface area (Å²) in [5.41, 5.74) is 2.55. The van der Waals surface area contributed by atoms with Gasteiger partial charge in [-0.1, -0.05) is 48.6 Å². The lowest BCUT2D eigenvalue weighted by atomic mass is 9.81. The molecule has 2 aliphatic rings. The van der Waals surface area contributed by atoms with Crippen molar-refractivity contribution in [3.8, 4) is 16.9 Å². The fourth-order valence-corrected chi connectivity index (χ4v) is 7.20. The van der Waals surface area contributed by atoms with Gasteiger partial charge in [0.1, 0.15) is 5.83 Å². The third-order valence-corrected chi connectivity index (χ3v) is 9.36. The lowest BCUT2D eigenvalue weighted by Crippen LogP contribution is -2.35.